The second kappa shape index (κ2) is 6.35. The van der Waals surface area contributed by atoms with Crippen molar-refractivity contribution < 1.29 is 9.59 Å². The Balaban J connectivity index is 4.32. The second-order valence-electron chi connectivity index (χ2n) is 2.74. The number of rotatable bonds is 5. The Kier molecular flexibility index (Phi) is 5.77. The van der Waals surface area contributed by atoms with Gasteiger partial charge in [0.15, 0.2) is 5.78 Å². The molecule has 0 aliphatic heterocycles. The third-order valence-corrected chi connectivity index (χ3v) is 1.73. The summed E-state index contributed by atoms with van der Waals surface area (Å²) in [6.45, 7) is 5.41. The summed E-state index contributed by atoms with van der Waals surface area (Å²) in [5, 5.41) is 0. The molecule has 0 amide bonds. The van der Waals surface area contributed by atoms with Crippen molar-refractivity contribution in [2.75, 3.05) is 0 Å². The molecule has 0 saturated heterocycles. The molecular weight excluding hydrogens is 164 g/mol. The summed E-state index contributed by atoms with van der Waals surface area (Å²) in [4.78, 5) is 22.4. The number of Topliss-reactive ketones (excluding diaryl/α,β-unsaturated/α-hetero) is 2. The van der Waals surface area contributed by atoms with Crippen LogP contribution in [0, 0.1) is 0 Å². The van der Waals surface area contributed by atoms with E-state index < -0.39 is 0 Å². The maximum Gasteiger partial charge on any atom is 0.169 e. The highest BCUT2D eigenvalue weighted by Gasteiger charge is 2.09. The fourth-order valence-corrected chi connectivity index (χ4v) is 0.936. The largest absolute Gasteiger partial charge is 0.299 e. The van der Waals surface area contributed by atoms with Gasteiger partial charge >= 0.3 is 0 Å². The SMILES string of the molecule is CC=CC(=CC)C(=O)CC(=O)CC. The van der Waals surface area contributed by atoms with Crippen LogP contribution in [0.25, 0.3) is 0 Å². The van der Waals surface area contributed by atoms with Crippen LogP contribution in [0.1, 0.15) is 33.6 Å². The third-order valence-electron chi connectivity index (χ3n) is 1.73. The number of hydrogen-bond acceptors (Lipinski definition) is 2. The molecule has 0 saturated carbocycles. The number of hydrogen-bond donors (Lipinski definition) is 0. The minimum atomic E-state index is -0.0903. The Hall–Kier alpha value is -1.18. The van der Waals surface area contributed by atoms with Crippen molar-refractivity contribution in [3.8, 4) is 0 Å². The van der Waals surface area contributed by atoms with Crippen molar-refractivity contribution in [1.29, 1.82) is 0 Å². The van der Waals surface area contributed by atoms with Crippen LogP contribution in [-0.2, 0) is 9.59 Å². The van der Waals surface area contributed by atoms with Crippen LogP contribution in [0.4, 0.5) is 0 Å². The van der Waals surface area contributed by atoms with Crippen molar-refractivity contribution in [3.63, 3.8) is 0 Å². The van der Waals surface area contributed by atoms with Crippen molar-refractivity contribution in [3.05, 3.63) is 23.8 Å². The molecule has 0 bridgehead atoms. The highest BCUT2D eigenvalue weighted by atomic mass is 16.1. The molecule has 2 heteroatoms. The Morgan fingerprint density at radius 2 is 1.85 bits per heavy atom. The molecule has 72 valence electrons. The monoisotopic (exact) mass is 180 g/mol. The molecular formula is C11H16O2. The molecule has 0 aromatic heterocycles. The first-order valence-electron chi connectivity index (χ1n) is 4.49. The predicted octanol–water partition coefficient (Wildman–Crippen LogP) is 2.45. The molecule has 0 aliphatic carbocycles. The zero-order valence-electron chi connectivity index (χ0n) is 8.46. The Labute approximate surface area is 79.3 Å². The van der Waals surface area contributed by atoms with Crippen LogP contribution >= 0.6 is 0 Å². The molecule has 0 aliphatic rings. The van der Waals surface area contributed by atoms with Gasteiger partial charge in [0, 0.05) is 12.0 Å². The van der Waals surface area contributed by atoms with E-state index in [1.165, 1.54) is 0 Å². The second-order valence-corrected chi connectivity index (χ2v) is 2.74. The van der Waals surface area contributed by atoms with Gasteiger partial charge in [0.2, 0.25) is 0 Å². The summed E-state index contributed by atoms with van der Waals surface area (Å²) >= 11 is 0. The van der Waals surface area contributed by atoms with Gasteiger partial charge in [-0.2, -0.15) is 0 Å². The van der Waals surface area contributed by atoms with Gasteiger partial charge < -0.3 is 0 Å². The third kappa shape index (κ3) is 4.41. The van der Waals surface area contributed by atoms with Gasteiger partial charge in [0.1, 0.15) is 5.78 Å². The summed E-state index contributed by atoms with van der Waals surface area (Å²) in [5.41, 5.74) is 0.615. The smallest absolute Gasteiger partial charge is 0.169 e. The fraction of sp³-hybridized carbons (Fsp3) is 0.455. The first-order chi connectivity index (χ1) is 6.15. The molecule has 13 heavy (non-hydrogen) atoms. The van der Waals surface area contributed by atoms with Crippen LogP contribution in [0.15, 0.2) is 23.8 Å². The Morgan fingerprint density at radius 1 is 1.23 bits per heavy atom. The fourth-order valence-electron chi connectivity index (χ4n) is 0.936. The summed E-state index contributed by atoms with van der Waals surface area (Å²) in [6.07, 6.45) is 5.71. The zero-order valence-corrected chi connectivity index (χ0v) is 8.46. The highest BCUT2D eigenvalue weighted by molar-refractivity contribution is 6.08. The quantitative estimate of drug-likeness (QED) is 0.370. The number of allylic oxidation sites excluding steroid dienone is 4. The normalized spacial score (nSPS) is 12.1. The van der Waals surface area contributed by atoms with Crippen LogP contribution in [0.2, 0.25) is 0 Å². The molecule has 0 N–H and O–H groups in total. The van der Waals surface area contributed by atoms with E-state index in [1.807, 2.05) is 6.92 Å². The topological polar surface area (TPSA) is 34.1 Å². The molecule has 0 atom stereocenters. The minimum absolute atomic E-state index is 0.00569. The van der Waals surface area contributed by atoms with Crippen molar-refractivity contribution in [2.24, 2.45) is 0 Å². The van der Waals surface area contributed by atoms with Crippen molar-refractivity contribution in [2.45, 2.75) is 33.6 Å². The lowest BCUT2D eigenvalue weighted by Gasteiger charge is -1.98. The standard InChI is InChI=1S/C11H16O2/c1-4-7-9(5-2)11(13)8-10(12)6-3/h4-5,7H,6,8H2,1-3H3. The molecule has 0 radical (unpaired) electrons. The Morgan fingerprint density at radius 3 is 2.23 bits per heavy atom. The molecule has 0 unspecified atom stereocenters. The van der Waals surface area contributed by atoms with E-state index >= 15 is 0 Å². The van der Waals surface area contributed by atoms with E-state index in [0.29, 0.717) is 12.0 Å². The van der Waals surface area contributed by atoms with Gasteiger partial charge in [-0.1, -0.05) is 25.2 Å². The maximum atomic E-state index is 11.4. The lowest BCUT2D eigenvalue weighted by atomic mass is 10.0. The minimum Gasteiger partial charge on any atom is -0.299 e. The predicted molar refractivity (Wildman–Crippen MR) is 53.5 cm³/mol. The van der Waals surface area contributed by atoms with Gasteiger partial charge in [-0.05, 0) is 13.8 Å². The van der Waals surface area contributed by atoms with Crippen LogP contribution in [0.5, 0.6) is 0 Å². The Bertz CT molecular complexity index is 247. The molecule has 0 aromatic rings. The maximum absolute atomic E-state index is 11.4. The van der Waals surface area contributed by atoms with Gasteiger partial charge in [-0.25, -0.2) is 0 Å². The first-order valence-corrected chi connectivity index (χ1v) is 4.49. The molecule has 2 nitrogen and oxygen atoms in total. The first kappa shape index (κ1) is 11.8. The average Bonchev–Trinajstić information content (AvgIpc) is 2.13. The number of carbonyl (C=O) groups excluding carboxylic acids is 2. The number of carbonyl (C=O) groups is 2. The van der Waals surface area contributed by atoms with E-state index in [9.17, 15) is 9.59 Å². The average molecular weight is 180 g/mol. The van der Waals surface area contributed by atoms with Crippen LogP contribution < -0.4 is 0 Å². The van der Waals surface area contributed by atoms with E-state index in [-0.39, 0.29) is 18.0 Å². The van der Waals surface area contributed by atoms with E-state index in [0.717, 1.165) is 0 Å². The van der Waals surface area contributed by atoms with E-state index in [2.05, 4.69) is 0 Å². The van der Waals surface area contributed by atoms with E-state index in [1.54, 1.807) is 32.1 Å². The van der Waals surface area contributed by atoms with Crippen LogP contribution in [-0.4, -0.2) is 11.6 Å². The van der Waals surface area contributed by atoms with Gasteiger partial charge in [0.05, 0.1) is 6.42 Å². The molecule has 0 fully saturated rings. The van der Waals surface area contributed by atoms with Gasteiger partial charge in [-0.15, -0.1) is 0 Å². The molecule has 0 heterocycles. The molecule has 0 aromatic carbocycles. The highest BCUT2D eigenvalue weighted by Crippen LogP contribution is 2.04. The molecule has 0 rings (SSSR count). The zero-order chi connectivity index (χ0) is 10.3. The van der Waals surface area contributed by atoms with Crippen LogP contribution in [0.3, 0.4) is 0 Å². The van der Waals surface area contributed by atoms with Gasteiger partial charge in [-0.3, -0.25) is 9.59 Å². The summed E-state index contributed by atoms with van der Waals surface area (Å²) in [6, 6.07) is 0. The van der Waals surface area contributed by atoms with Gasteiger partial charge in [0.25, 0.3) is 0 Å². The van der Waals surface area contributed by atoms with Crippen molar-refractivity contribution >= 4 is 11.6 Å². The summed E-state index contributed by atoms with van der Waals surface area (Å²) in [5.74, 6) is -0.0960. The van der Waals surface area contributed by atoms with Crippen molar-refractivity contribution in [1.82, 2.24) is 0 Å². The number of ketones is 2. The summed E-state index contributed by atoms with van der Waals surface area (Å²) in [7, 11) is 0. The summed E-state index contributed by atoms with van der Waals surface area (Å²) < 4.78 is 0. The lowest BCUT2D eigenvalue weighted by Crippen LogP contribution is -2.07. The lowest BCUT2D eigenvalue weighted by molar-refractivity contribution is -0.124. The molecule has 0 spiro atoms. The van der Waals surface area contributed by atoms with E-state index in [4.69, 9.17) is 0 Å².